The molecule has 2 aromatic carbocycles. The average molecular weight is 386 g/mol. The maximum atomic E-state index is 12.5. The molecule has 0 radical (unpaired) electrons. The number of ether oxygens (including phenoxy) is 1. The zero-order valence-corrected chi connectivity index (χ0v) is 15.6. The van der Waals surface area contributed by atoms with Gasteiger partial charge < -0.3 is 9.84 Å². The fraction of sp³-hybridized carbons (Fsp3) is 0.100. The van der Waals surface area contributed by atoms with E-state index in [1.807, 2.05) is 23.6 Å². The molecule has 0 amide bonds. The fourth-order valence-corrected chi connectivity index (χ4v) is 3.58. The molecule has 0 saturated heterocycles. The molecule has 26 heavy (non-hydrogen) atoms. The van der Waals surface area contributed by atoms with Gasteiger partial charge in [-0.2, -0.15) is 0 Å². The number of aliphatic imine (C=N–C) groups is 1. The van der Waals surface area contributed by atoms with Gasteiger partial charge in [0.25, 0.3) is 0 Å². The Morgan fingerprint density at radius 1 is 1.19 bits per heavy atom. The second kappa shape index (κ2) is 8.17. The van der Waals surface area contributed by atoms with Gasteiger partial charge in [-0.3, -0.25) is 0 Å². The van der Waals surface area contributed by atoms with Gasteiger partial charge in [-0.05, 0) is 25.1 Å². The average Bonchev–Trinajstić information content (AvgIpc) is 3.05. The van der Waals surface area contributed by atoms with E-state index in [9.17, 15) is 9.90 Å². The van der Waals surface area contributed by atoms with Crippen LogP contribution in [0, 0.1) is 0 Å². The van der Waals surface area contributed by atoms with Crippen molar-refractivity contribution < 1.29 is 14.6 Å². The van der Waals surface area contributed by atoms with E-state index < -0.39 is 5.97 Å². The van der Waals surface area contributed by atoms with Gasteiger partial charge in [0.15, 0.2) is 0 Å². The van der Waals surface area contributed by atoms with E-state index in [1.54, 1.807) is 37.3 Å². The van der Waals surface area contributed by atoms with Crippen LogP contribution < -0.4 is 0 Å². The van der Waals surface area contributed by atoms with Crippen molar-refractivity contribution >= 4 is 40.1 Å². The van der Waals surface area contributed by atoms with E-state index >= 15 is 0 Å². The van der Waals surface area contributed by atoms with E-state index in [0.717, 1.165) is 5.56 Å². The molecule has 1 N–H and O–H groups in total. The minimum Gasteiger partial charge on any atom is -0.507 e. The molecule has 0 saturated carbocycles. The molecule has 0 spiro atoms. The van der Waals surface area contributed by atoms with Gasteiger partial charge in [-0.1, -0.05) is 41.9 Å². The zero-order chi connectivity index (χ0) is 18.5. The van der Waals surface area contributed by atoms with Crippen molar-refractivity contribution in [3.8, 4) is 16.9 Å². The maximum absolute atomic E-state index is 12.5. The maximum Gasteiger partial charge on any atom is 0.341 e. The van der Waals surface area contributed by atoms with E-state index in [-0.39, 0.29) is 12.4 Å². The number of nitrogens with zero attached hydrogens (tertiary/aromatic N) is 1. The van der Waals surface area contributed by atoms with Crippen LogP contribution in [-0.4, -0.2) is 23.9 Å². The van der Waals surface area contributed by atoms with Crippen LogP contribution in [-0.2, 0) is 4.74 Å². The Balaban J connectivity index is 2.07. The number of benzene rings is 2. The Morgan fingerprint density at radius 3 is 2.65 bits per heavy atom. The van der Waals surface area contributed by atoms with Crippen molar-refractivity contribution in [2.45, 2.75) is 6.92 Å². The molecule has 0 aliphatic carbocycles. The van der Waals surface area contributed by atoms with Crippen LogP contribution in [0.1, 0.15) is 22.8 Å². The molecule has 3 aromatic rings. The number of para-hydroxylation sites is 1. The van der Waals surface area contributed by atoms with Gasteiger partial charge in [0.2, 0.25) is 0 Å². The summed E-state index contributed by atoms with van der Waals surface area (Å²) in [5, 5.41) is 12.8. The second-order valence-corrected chi connectivity index (χ2v) is 6.61. The van der Waals surface area contributed by atoms with Crippen LogP contribution in [0.15, 0.2) is 58.9 Å². The van der Waals surface area contributed by atoms with Crippen LogP contribution in [0.5, 0.6) is 5.75 Å². The topological polar surface area (TPSA) is 58.9 Å². The SMILES string of the molecule is CCOC(=O)c1c(-c2ccccc2Cl)csc1/N=C/c1ccccc1O. The summed E-state index contributed by atoms with van der Waals surface area (Å²) in [6.07, 6.45) is 1.53. The van der Waals surface area contributed by atoms with E-state index in [0.29, 0.717) is 26.7 Å². The fourth-order valence-electron chi connectivity index (χ4n) is 2.45. The minimum atomic E-state index is -0.451. The monoisotopic (exact) mass is 385 g/mol. The molecule has 132 valence electrons. The lowest BCUT2D eigenvalue weighted by Gasteiger charge is -2.07. The zero-order valence-electron chi connectivity index (χ0n) is 14.0. The lowest BCUT2D eigenvalue weighted by molar-refractivity contribution is 0.0529. The van der Waals surface area contributed by atoms with Crippen molar-refractivity contribution in [1.29, 1.82) is 0 Å². The second-order valence-electron chi connectivity index (χ2n) is 5.35. The number of hydrogen-bond acceptors (Lipinski definition) is 5. The Hall–Kier alpha value is -2.63. The first kappa shape index (κ1) is 18.2. The van der Waals surface area contributed by atoms with Crippen LogP contribution in [0.25, 0.3) is 11.1 Å². The van der Waals surface area contributed by atoms with Gasteiger partial charge in [0, 0.05) is 33.3 Å². The number of halogens is 1. The number of carbonyl (C=O) groups is 1. The molecule has 6 heteroatoms. The minimum absolute atomic E-state index is 0.122. The van der Waals surface area contributed by atoms with E-state index in [4.69, 9.17) is 16.3 Å². The molecule has 0 bridgehead atoms. The largest absolute Gasteiger partial charge is 0.507 e. The highest BCUT2D eigenvalue weighted by molar-refractivity contribution is 7.14. The summed E-state index contributed by atoms with van der Waals surface area (Å²) >= 11 is 7.62. The summed E-state index contributed by atoms with van der Waals surface area (Å²) in [6.45, 7) is 2.02. The van der Waals surface area contributed by atoms with Gasteiger partial charge in [-0.15, -0.1) is 11.3 Å². The Labute approximate surface area is 160 Å². The van der Waals surface area contributed by atoms with Gasteiger partial charge >= 0.3 is 5.97 Å². The highest BCUT2D eigenvalue weighted by Gasteiger charge is 2.22. The third-order valence-corrected chi connectivity index (χ3v) is 4.89. The number of aromatic hydroxyl groups is 1. The lowest BCUT2D eigenvalue weighted by Crippen LogP contribution is -2.05. The van der Waals surface area contributed by atoms with Gasteiger partial charge in [0.05, 0.1) is 6.61 Å². The van der Waals surface area contributed by atoms with Crippen molar-refractivity contribution in [1.82, 2.24) is 0 Å². The molecule has 0 fully saturated rings. The van der Waals surface area contributed by atoms with Crippen LogP contribution in [0.3, 0.4) is 0 Å². The first-order valence-corrected chi connectivity index (χ1v) is 9.23. The van der Waals surface area contributed by atoms with Crippen LogP contribution in [0.2, 0.25) is 5.02 Å². The van der Waals surface area contributed by atoms with E-state index in [2.05, 4.69) is 4.99 Å². The standard InChI is InChI=1S/C20H16ClNO3S/c1-2-25-20(24)18-15(14-8-4-5-9-16(14)21)12-26-19(18)22-11-13-7-3-6-10-17(13)23/h3-12,23H,2H2,1H3/b22-11+. The summed E-state index contributed by atoms with van der Waals surface area (Å²) < 4.78 is 5.21. The number of phenolic OH excluding ortho intramolecular Hbond substituents is 1. The summed E-state index contributed by atoms with van der Waals surface area (Å²) in [6, 6.07) is 14.2. The Bertz CT molecular complexity index is 965. The summed E-state index contributed by atoms with van der Waals surface area (Å²) in [7, 11) is 0. The number of hydrogen-bond donors (Lipinski definition) is 1. The number of esters is 1. The Morgan fingerprint density at radius 2 is 1.92 bits per heavy atom. The van der Waals surface area contributed by atoms with Gasteiger partial charge in [-0.25, -0.2) is 9.79 Å². The van der Waals surface area contributed by atoms with Gasteiger partial charge in [0.1, 0.15) is 16.3 Å². The number of phenols is 1. The first-order valence-electron chi connectivity index (χ1n) is 7.97. The quantitative estimate of drug-likeness (QED) is 0.452. The third-order valence-electron chi connectivity index (χ3n) is 3.67. The highest BCUT2D eigenvalue weighted by atomic mass is 35.5. The molecule has 0 atom stereocenters. The first-order chi connectivity index (χ1) is 12.6. The molecule has 3 rings (SSSR count). The van der Waals surface area contributed by atoms with E-state index in [1.165, 1.54) is 17.6 Å². The number of thiophene rings is 1. The van der Waals surface area contributed by atoms with Crippen molar-refractivity contribution in [2.75, 3.05) is 6.61 Å². The summed E-state index contributed by atoms with van der Waals surface area (Å²) in [5.41, 5.74) is 2.37. The van der Waals surface area contributed by atoms with Crippen molar-refractivity contribution in [2.24, 2.45) is 4.99 Å². The molecule has 4 nitrogen and oxygen atoms in total. The predicted molar refractivity (Wildman–Crippen MR) is 106 cm³/mol. The molecular weight excluding hydrogens is 370 g/mol. The third kappa shape index (κ3) is 3.79. The number of carbonyl (C=O) groups excluding carboxylic acids is 1. The molecule has 0 aliphatic heterocycles. The number of rotatable bonds is 5. The lowest BCUT2D eigenvalue weighted by atomic mass is 10.0. The highest BCUT2D eigenvalue weighted by Crippen LogP contribution is 2.40. The Kier molecular flexibility index (Phi) is 5.71. The molecule has 0 unspecified atom stereocenters. The molecule has 1 heterocycles. The normalized spacial score (nSPS) is 11.0. The van der Waals surface area contributed by atoms with Crippen molar-refractivity contribution in [3.63, 3.8) is 0 Å². The van der Waals surface area contributed by atoms with Crippen LogP contribution >= 0.6 is 22.9 Å². The van der Waals surface area contributed by atoms with Crippen molar-refractivity contribution in [3.05, 3.63) is 70.1 Å². The predicted octanol–water partition coefficient (Wildman–Crippen LogP) is 5.70. The molecule has 0 aliphatic rings. The van der Waals surface area contributed by atoms with Crippen LogP contribution in [0.4, 0.5) is 5.00 Å². The summed E-state index contributed by atoms with van der Waals surface area (Å²) in [5.74, 6) is -0.329. The molecule has 1 aromatic heterocycles. The smallest absolute Gasteiger partial charge is 0.341 e. The molecular formula is C20H16ClNO3S. The summed E-state index contributed by atoms with van der Waals surface area (Å²) in [4.78, 5) is 16.9.